The molecule has 0 spiro atoms. The Morgan fingerprint density at radius 1 is 1.26 bits per heavy atom. The third kappa shape index (κ3) is 4.75. The van der Waals surface area contributed by atoms with Gasteiger partial charge in [0.15, 0.2) is 5.82 Å². The molecule has 0 aliphatic carbocycles. The average molecular weight is 316 g/mol. The first kappa shape index (κ1) is 17.4. The van der Waals surface area contributed by atoms with Gasteiger partial charge in [-0.2, -0.15) is 15.5 Å². The smallest absolute Gasteiger partial charge is 0.243 e. The summed E-state index contributed by atoms with van der Waals surface area (Å²) in [5.41, 5.74) is 0. The van der Waals surface area contributed by atoms with Crippen LogP contribution in [0.15, 0.2) is 4.52 Å². The van der Waals surface area contributed by atoms with Gasteiger partial charge in [0.25, 0.3) is 0 Å². The zero-order valence-corrected chi connectivity index (χ0v) is 13.9. The lowest BCUT2D eigenvalue weighted by molar-refractivity contribution is 0.0828. The quantitative estimate of drug-likeness (QED) is 0.756. The predicted octanol–water partition coefficient (Wildman–Crippen LogP) is 1.75. The maximum Gasteiger partial charge on any atom is 0.243 e. The summed E-state index contributed by atoms with van der Waals surface area (Å²) in [6, 6.07) is 4.55. The fourth-order valence-electron chi connectivity index (χ4n) is 2.82. The first-order chi connectivity index (χ1) is 11.2. The van der Waals surface area contributed by atoms with E-state index in [-0.39, 0.29) is 12.0 Å². The molecule has 1 aliphatic rings. The van der Waals surface area contributed by atoms with E-state index in [1.54, 1.807) is 0 Å². The van der Waals surface area contributed by atoms with Gasteiger partial charge in [-0.15, -0.1) is 0 Å². The third-order valence-electron chi connectivity index (χ3n) is 4.38. The summed E-state index contributed by atoms with van der Waals surface area (Å²) in [7, 11) is 0. The maximum absolute atomic E-state index is 9.17. The van der Waals surface area contributed by atoms with Gasteiger partial charge in [0.05, 0.1) is 24.1 Å². The van der Waals surface area contributed by atoms with Gasteiger partial charge in [-0.25, -0.2) is 0 Å². The minimum absolute atomic E-state index is 0.0540. The zero-order chi connectivity index (χ0) is 16.7. The number of hydrogen-bond donors (Lipinski definition) is 0. The van der Waals surface area contributed by atoms with E-state index >= 15 is 0 Å². The molecular weight excluding hydrogens is 292 g/mol. The highest BCUT2D eigenvalue weighted by atomic mass is 16.5. The summed E-state index contributed by atoms with van der Waals surface area (Å²) in [6.45, 7) is 8.53. The molecule has 0 radical (unpaired) electrons. The van der Waals surface area contributed by atoms with Crippen molar-refractivity contribution in [3.05, 3.63) is 11.7 Å². The highest BCUT2D eigenvalue weighted by Crippen LogP contribution is 2.21. The van der Waals surface area contributed by atoms with Gasteiger partial charge in [0.1, 0.15) is 0 Å². The van der Waals surface area contributed by atoms with Gasteiger partial charge in [-0.05, 0) is 13.3 Å². The lowest BCUT2D eigenvalue weighted by atomic mass is 10.0. The number of nitriles is 2. The molecule has 1 aromatic rings. The summed E-state index contributed by atoms with van der Waals surface area (Å²) < 4.78 is 5.33. The van der Waals surface area contributed by atoms with Gasteiger partial charge >= 0.3 is 0 Å². The summed E-state index contributed by atoms with van der Waals surface area (Å²) in [6.07, 6.45) is 1.89. The molecular formula is C16H24N6O. The van der Waals surface area contributed by atoms with E-state index in [2.05, 4.69) is 39.0 Å². The van der Waals surface area contributed by atoms with Gasteiger partial charge in [0, 0.05) is 45.6 Å². The lowest BCUT2D eigenvalue weighted by Gasteiger charge is -2.37. The zero-order valence-electron chi connectivity index (χ0n) is 13.9. The summed E-state index contributed by atoms with van der Waals surface area (Å²) in [5.74, 6) is 1.38. The average Bonchev–Trinajstić information content (AvgIpc) is 3.07. The number of rotatable bonds is 7. The van der Waals surface area contributed by atoms with Crippen LogP contribution in [0.4, 0.5) is 0 Å². The van der Waals surface area contributed by atoms with Crippen LogP contribution in [0.1, 0.15) is 44.4 Å². The monoisotopic (exact) mass is 316 g/mol. The molecule has 2 rings (SSSR count). The SMILES string of the molecule is CCc1noc([C@@H](C)N2CCN(C[C@@H](C#N)CCC#N)CC2)n1. The van der Waals surface area contributed by atoms with E-state index in [1.165, 1.54) is 0 Å². The molecule has 1 aliphatic heterocycles. The number of aryl methyl sites for hydroxylation is 1. The Morgan fingerprint density at radius 2 is 2.00 bits per heavy atom. The second kappa shape index (κ2) is 8.61. The molecule has 124 valence electrons. The predicted molar refractivity (Wildman–Crippen MR) is 84.1 cm³/mol. The first-order valence-electron chi connectivity index (χ1n) is 8.23. The highest BCUT2D eigenvalue weighted by Gasteiger charge is 2.26. The van der Waals surface area contributed by atoms with E-state index in [0.29, 0.717) is 18.7 Å². The molecule has 23 heavy (non-hydrogen) atoms. The van der Waals surface area contributed by atoms with Crippen LogP contribution < -0.4 is 0 Å². The highest BCUT2D eigenvalue weighted by molar-refractivity contribution is 4.94. The molecule has 2 heterocycles. The topological polar surface area (TPSA) is 93.0 Å². The number of piperazine rings is 1. The minimum Gasteiger partial charge on any atom is -0.338 e. The van der Waals surface area contributed by atoms with E-state index in [4.69, 9.17) is 9.78 Å². The van der Waals surface area contributed by atoms with Crippen molar-refractivity contribution in [3.8, 4) is 12.1 Å². The molecule has 7 nitrogen and oxygen atoms in total. The molecule has 0 N–H and O–H groups in total. The fourth-order valence-corrected chi connectivity index (χ4v) is 2.82. The molecule has 0 amide bonds. The summed E-state index contributed by atoms with van der Waals surface area (Å²) in [5, 5.41) is 21.8. The van der Waals surface area contributed by atoms with Crippen molar-refractivity contribution in [2.24, 2.45) is 5.92 Å². The third-order valence-corrected chi connectivity index (χ3v) is 4.38. The van der Waals surface area contributed by atoms with Gasteiger partial charge in [-0.1, -0.05) is 12.1 Å². The second-order valence-corrected chi connectivity index (χ2v) is 5.94. The molecule has 1 fully saturated rings. The van der Waals surface area contributed by atoms with E-state index < -0.39 is 0 Å². The molecule has 1 aromatic heterocycles. The number of aromatic nitrogens is 2. The molecule has 0 saturated carbocycles. The van der Waals surface area contributed by atoms with Crippen molar-refractivity contribution in [2.45, 2.75) is 39.2 Å². The standard InChI is InChI=1S/C16H24N6O/c1-3-15-19-16(23-20-15)13(2)22-9-7-21(8-10-22)12-14(11-18)5-4-6-17/h13-14H,3-5,7-10,12H2,1-2H3/t13-,14-/m1/s1. The molecule has 2 atom stereocenters. The van der Waals surface area contributed by atoms with Gasteiger partial charge in [-0.3, -0.25) is 9.80 Å². The van der Waals surface area contributed by atoms with E-state index in [9.17, 15) is 5.26 Å². The van der Waals surface area contributed by atoms with Crippen molar-refractivity contribution < 1.29 is 4.52 Å². The molecule has 0 bridgehead atoms. The van der Waals surface area contributed by atoms with Crippen molar-refractivity contribution in [1.29, 1.82) is 10.5 Å². The van der Waals surface area contributed by atoms with Crippen LogP contribution in [-0.4, -0.2) is 52.7 Å². The van der Waals surface area contributed by atoms with Crippen LogP contribution >= 0.6 is 0 Å². The second-order valence-electron chi connectivity index (χ2n) is 5.94. The van der Waals surface area contributed by atoms with Crippen LogP contribution in [-0.2, 0) is 6.42 Å². The molecule has 1 saturated heterocycles. The van der Waals surface area contributed by atoms with Crippen LogP contribution in [0.2, 0.25) is 0 Å². The van der Waals surface area contributed by atoms with Crippen molar-refractivity contribution >= 4 is 0 Å². The van der Waals surface area contributed by atoms with Crippen molar-refractivity contribution in [2.75, 3.05) is 32.7 Å². The number of hydrogen-bond acceptors (Lipinski definition) is 7. The molecule has 0 unspecified atom stereocenters. The Labute approximate surface area is 137 Å². The summed E-state index contributed by atoms with van der Waals surface area (Å²) >= 11 is 0. The van der Waals surface area contributed by atoms with E-state index in [0.717, 1.165) is 45.0 Å². The largest absolute Gasteiger partial charge is 0.338 e. The van der Waals surface area contributed by atoms with Crippen LogP contribution in [0.25, 0.3) is 0 Å². The van der Waals surface area contributed by atoms with Crippen molar-refractivity contribution in [3.63, 3.8) is 0 Å². The normalized spacial score (nSPS) is 19.0. The van der Waals surface area contributed by atoms with Crippen LogP contribution in [0.5, 0.6) is 0 Å². The van der Waals surface area contributed by atoms with E-state index in [1.807, 2.05) is 6.92 Å². The lowest BCUT2D eigenvalue weighted by Crippen LogP contribution is -2.48. The molecule has 7 heteroatoms. The van der Waals surface area contributed by atoms with Gasteiger partial charge < -0.3 is 4.52 Å². The Morgan fingerprint density at radius 3 is 2.57 bits per heavy atom. The first-order valence-corrected chi connectivity index (χ1v) is 8.23. The summed E-state index contributed by atoms with van der Waals surface area (Å²) in [4.78, 5) is 9.05. The Balaban J connectivity index is 1.81. The minimum atomic E-state index is -0.0540. The number of nitrogens with zero attached hydrogens (tertiary/aromatic N) is 6. The van der Waals surface area contributed by atoms with Crippen molar-refractivity contribution in [1.82, 2.24) is 19.9 Å². The van der Waals surface area contributed by atoms with Crippen LogP contribution in [0.3, 0.4) is 0 Å². The molecule has 0 aromatic carbocycles. The van der Waals surface area contributed by atoms with Crippen LogP contribution in [0, 0.1) is 28.6 Å². The Hall–Kier alpha value is -1.96. The Kier molecular flexibility index (Phi) is 6.52. The van der Waals surface area contributed by atoms with Gasteiger partial charge in [0.2, 0.25) is 5.89 Å². The fraction of sp³-hybridized carbons (Fsp3) is 0.750. The Bertz CT molecular complexity index is 564. The maximum atomic E-state index is 9.17.